The molecule has 1 unspecified atom stereocenters. The number of carboxylic acid groups (broad SMARTS) is 1. The summed E-state index contributed by atoms with van der Waals surface area (Å²) >= 11 is 1.27. The molecule has 68 valence electrons. The van der Waals surface area contributed by atoms with Crippen molar-refractivity contribution in [2.75, 3.05) is 0 Å². The van der Waals surface area contributed by atoms with Crippen molar-refractivity contribution in [3.8, 4) is 0 Å². The van der Waals surface area contributed by atoms with Crippen LogP contribution in [0.2, 0.25) is 0 Å². The van der Waals surface area contributed by atoms with Crippen LogP contribution >= 0.6 is 11.8 Å². The van der Waals surface area contributed by atoms with E-state index in [0.717, 1.165) is 4.91 Å². The Morgan fingerprint density at radius 2 is 2.42 bits per heavy atom. The van der Waals surface area contributed by atoms with Crippen LogP contribution < -0.4 is 5.73 Å². The Morgan fingerprint density at radius 1 is 1.83 bits per heavy atom. The van der Waals surface area contributed by atoms with Gasteiger partial charge in [0.05, 0.1) is 0 Å². The van der Waals surface area contributed by atoms with Gasteiger partial charge in [0.1, 0.15) is 0 Å². The van der Waals surface area contributed by atoms with E-state index in [0.29, 0.717) is 12.3 Å². The standard InChI is InChI=1S/C8H13NO2S/c1-5(2)6-3-4-8(9,12-6)7(10)11/h3,5H,4,9H2,1-2H3,(H,10,11). The highest BCUT2D eigenvalue weighted by Gasteiger charge is 2.39. The molecule has 0 aromatic carbocycles. The first-order chi connectivity index (χ1) is 5.46. The maximum absolute atomic E-state index is 10.7. The van der Waals surface area contributed by atoms with Crippen LogP contribution in [0, 0.1) is 5.92 Å². The van der Waals surface area contributed by atoms with Gasteiger partial charge >= 0.3 is 5.97 Å². The highest BCUT2D eigenvalue weighted by atomic mass is 32.2. The van der Waals surface area contributed by atoms with E-state index in [1.807, 2.05) is 19.9 Å². The summed E-state index contributed by atoms with van der Waals surface area (Å²) in [7, 11) is 0. The van der Waals surface area contributed by atoms with Gasteiger partial charge in [-0.05, 0) is 10.8 Å². The van der Waals surface area contributed by atoms with E-state index in [4.69, 9.17) is 10.8 Å². The van der Waals surface area contributed by atoms with Crippen LogP contribution in [0.5, 0.6) is 0 Å². The third-order valence-electron chi connectivity index (χ3n) is 1.84. The van der Waals surface area contributed by atoms with E-state index in [1.54, 1.807) is 0 Å². The van der Waals surface area contributed by atoms with Gasteiger partial charge in [-0.2, -0.15) is 0 Å². The summed E-state index contributed by atoms with van der Waals surface area (Å²) in [5, 5.41) is 8.79. The molecule has 0 bridgehead atoms. The molecule has 0 aliphatic carbocycles. The van der Waals surface area contributed by atoms with Crippen LogP contribution in [-0.4, -0.2) is 15.9 Å². The summed E-state index contributed by atoms with van der Waals surface area (Å²) in [6, 6.07) is 0. The van der Waals surface area contributed by atoms with Gasteiger partial charge in [0.2, 0.25) is 0 Å². The van der Waals surface area contributed by atoms with Gasteiger partial charge < -0.3 is 10.8 Å². The molecule has 0 spiro atoms. The number of rotatable bonds is 2. The Bertz CT molecular complexity index is 237. The normalized spacial score (nSPS) is 29.2. The van der Waals surface area contributed by atoms with E-state index in [2.05, 4.69) is 0 Å². The fraction of sp³-hybridized carbons (Fsp3) is 0.625. The molecule has 0 amide bonds. The lowest BCUT2D eigenvalue weighted by Gasteiger charge is -2.18. The Labute approximate surface area is 76.0 Å². The summed E-state index contributed by atoms with van der Waals surface area (Å²) in [6.45, 7) is 4.07. The summed E-state index contributed by atoms with van der Waals surface area (Å²) in [6.07, 6.45) is 2.35. The molecule has 0 aromatic heterocycles. The second kappa shape index (κ2) is 3.11. The van der Waals surface area contributed by atoms with Crippen molar-refractivity contribution in [2.45, 2.75) is 25.1 Å². The Morgan fingerprint density at radius 3 is 2.67 bits per heavy atom. The number of thioether (sulfide) groups is 1. The van der Waals surface area contributed by atoms with Crippen LogP contribution in [0.4, 0.5) is 0 Å². The Hall–Kier alpha value is -0.480. The molecule has 1 atom stereocenters. The van der Waals surface area contributed by atoms with Crippen molar-refractivity contribution in [1.29, 1.82) is 0 Å². The van der Waals surface area contributed by atoms with Crippen LogP contribution in [0.25, 0.3) is 0 Å². The zero-order chi connectivity index (χ0) is 9.35. The number of nitrogens with two attached hydrogens (primary N) is 1. The molecule has 0 saturated carbocycles. The predicted octanol–water partition coefficient (Wildman–Crippen LogP) is 1.40. The van der Waals surface area contributed by atoms with Crippen molar-refractivity contribution in [3.05, 3.63) is 11.0 Å². The van der Waals surface area contributed by atoms with E-state index in [9.17, 15) is 4.79 Å². The predicted molar refractivity (Wildman–Crippen MR) is 49.7 cm³/mol. The van der Waals surface area contributed by atoms with Crippen LogP contribution in [0.1, 0.15) is 20.3 Å². The van der Waals surface area contributed by atoms with Crippen LogP contribution in [-0.2, 0) is 4.79 Å². The quantitative estimate of drug-likeness (QED) is 0.686. The fourth-order valence-electron chi connectivity index (χ4n) is 1.03. The molecular formula is C8H13NO2S. The average molecular weight is 187 g/mol. The molecule has 1 aliphatic heterocycles. The van der Waals surface area contributed by atoms with Crippen molar-refractivity contribution in [1.82, 2.24) is 0 Å². The Kier molecular flexibility index (Phi) is 2.49. The minimum atomic E-state index is -1.11. The molecule has 0 fully saturated rings. The zero-order valence-electron chi connectivity index (χ0n) is 7.20. The third kappa shape index (κ3) is 1.64. The number of carbonyl (C=O) groups is 1. The molecule has 1 heterocycles. The Balaban J connectivity index is 2.68. The maximum atomic E-state index is 10.7. The van der Waals surface area contributed by atoms with Crippen molar-refractivity contribution in [3.63, 3.8) is 0 Å². The molecule has 0 saturated heterocycles. The smallest absolute Gasteiger partial charge is 0.334 e. The van der Waals surface area contributed by atoms with Gasteiger partial charge in [-0.1, -0.05) is 31.7 Å². The highest BCUT2D eigenvalue weighted by Crippen LogP contribution is 2.41. The van der Waals surface area contributed by atoms with E-state index >= 15 is 0 Å². The fourth-order valence-corrected chi connectivity index (χ4v) is 2.11. The van der Waals surface area contributed by atoms with Gasteiger partial charge in [-0.25, -0.2) is 4.79 Å². The first-order valence-electron chi connectivity index (χ1n) is 3.87. The largest absolute Gasteiger partial charge is 0.479 e. The lowest BCUT2D eigenvalue weighted by atomic mass is 10.1. The minimum Gasteiger partial charge on any atom is -0.479 e. The summed E-state index contributed by atoms with van der Waals surface area (Å²) < 4.78 is 0. The molecule has 0 radical (unpaired) electrons. The van der Waals surface area contributed by atoms with Crippen molar-refractivity contribution >= 4 is 17.7 Å². The van der Waals surface area contributed by atoms with Crippen molar-refractivity contribution < 1.29 is 9.90 Å². The summed E-state index contributed by atoms with van der Waals surface area (Å²) in [5.41, 5.74) is 5.64. The second-order valence-corrected chi connectivity index (χ2v) is 4.67. The topological polar surface area (TPSA) is 63.3 Å². The number of hydrogen-bond donors (Lipinski definition) is 2. The molecule has 1 aliphatic rings. The number of carboxylic acids is 1. The summed E-state index contributed by atoms with van der Waals surface area (Å²) in [4.78, 5) is 10.7. The third-order valence-corrected chi connectivity index (χ3v) is 3.42. The first kappa shape index (κ1) is 9.61. The summed E-state index contributed by atoms with van der Waals surface area (Å²) in [5.74, 6) is -0.556. The second-order valence-electron chi connectivity index (χ2n) is 3.26. The molecule has 4 heteroatoms. The number of aliphatic carboxylic acids is 1. The van der Waals surface area contributed by atoms with Crippen LogP contribution in [0.3, 0.4) is 0 Å². The molecule has 12 heavy (non-hydrogen) atoms. The molecule has 3 N–H and O–H groups in total. The van der Waals surface area contributed by atoms with Gasteiger partial charge in [0.25, 0.3) is 0 Å². The highest BCUT2D eigenvalue weighted by molar-refractivity contribution is 8.05. The molecule has 1 rings (SSSR count). The maximum Gasteiger partial charge on any atom is 0.334 e. The molecule has 0 aromatic rings. The van der Waals surface area contributed by atoms with Gasteiger partial charge in [0, 0.05) is 6.42 Å². The van der Waals surface area contributed by atoms with Gasteiger partial charge in [-0.3, -0.25) is 0 Å². The monoisotopic (exact) mass is 187 g/mol. The lowest BCUT2D eigenvalue weighted by Crippen LogP contribution is -2.42. The first-order valence-corrected chi connectivity index (χ1v) is 4.69. The SMILES string of the molecule is CC(C)C1=CCC(N)(C(=O)O)S1. The molecular weight excluding hydrogens is 174 g/mol. The van der Waals surface area contributed by atoms with E-state index in [-0.39, 0.29) is 0 Å². The average Bonchev–Trinajstić information content (AvgIpc) is 2.33. The minimum absolute atomic E-state index is 0.375. The van der Waals surface area contributed by atoms with E-state index < -0.39 is 10.8 Å². The van der Waals surface area contributed by atoms with Crippen molar-refractivity contribution in [2.24, 2.45) is 11.7 Å². The van der Waals surface area contributed by atoms with Crippen LogP contribution in [0.15, 0.2) is 11.0 Å². The molecule has 3 nitrogen and oxygen atoms in total. The number of hydrogen-bond acceptors (Lipinski definition) is 3. The lowest BCUT2D eigenvalue weighted by molar-refractivity contribution is -0.139. The zero-order valence-corrected chi connectivity index (χ0v) is 8.02. The van der Waals surface area contributed by atoms with Gasteiger partial charge in [-0.15, -0.1) is 0 Å². The number of allylic oxidation sites excluding steroid dienone is 1. The van der Waals surface area contributed by atoms with E-state index in [1.165, 1.54) is 11.8 Å². The van der Waals surface area contributed by atoms with Gasteiger partial charge in [0.15, 0.2) is 4.87 Å².